The van der Waals surface area contributed by atoms with Crippen molar-refractivity contribution in [2.75, 3.05) is 20.8 Å². The van der Waals surface area contributed by atoms with Gasteiger partial charge in [0.25, 0.3) is 5.56 Å². The van der Waals surface area contributed by atoms with Gasteiger partial charge in [-0.3, -0.25) is 19.1 Å². The summed E-state index contributed by atoms with van der Waals surface area (Å²) in [5.41, 5.74) is -0.542. The SMILES string of the molecule is C=CC(=O)c1cn([C@@H]2CC(O)[C@H](COC(c3ccccc3)(c3ccc(OC)cc3)c3ccc(OC)cc3)O2)c(=O)[nH]c1=O. The fourth-order valence-electron chi connectivity index (χ4n) is 5.30. The third kappa shape index (κ3) is 5.80. The molecule has 0 radical (unpaired) electrons. The zero-order valence-electron chi connectivity index (χ0n) is 23.8. The van der Waals surface area contributed by atoms with Gasteiger partial charge in [0.2, 0.25) is 0 Å². The number of allylic oxidation sites excluding steroid dienone is 1. The summed E-state index contributed by atoms with van der Waals surface area (Å²) >= 11 is 0. The van der Waals surface area contributed by atoms with Gasteiger partial charge < -0.3 is 24.1 Å². The van der Waals surface area contributed by atoms with Crippen molar-refractivity contribution < 1.29 is 28.8 Å². The summed E-state index contributed by atoms with van der Waals surface area (Å²) in [4.78, 5) is 39.1. The van der Waals surface area contributed by atoms with Crippen LogP contribution in [-0.4, -0.2) is 53.5 Å². The van der Waals surface area contributed by atoms with Gasteiger partial charge >= 0.3 is 5.69 Å². The minimum Gasteiger partial charge on any atom is -0.497 e. The predicted molar refractivity (Wildman–Crippen MR) is 159 cm³/mol. The van der Waals surface area contributed by atoms with Crippen LogP contribution in [0, 0.1) is 0 Å². The number of ketones is 1. The molecular formula is C33H32N2O8. The fourth-order valence-corrected chi connectivity index (χ4v) is 5.30. The number of rotatable bonds is 11. The van der Waals surface area contributed by atoms with Crippen LogP contribution in [0.5, 0.6) is 11.5 Å². The molecule has 1 saturated heterocycles. The average Bonchev–Trinajstić information content (AvgIpc) is 3.41. The number of carbonyl (C=O) groups is 1. The van der Waals surface area contributed by atoms with Crippen molar-refractivity contribution in [3.8, 4) is 11.5 Å². The Hall–Kier alpha value is -4.77. The quantitative estimate of drug-likeness (QED) is 0.156. The Balaban J connectivity index is 1.53. The molecule has 0 bridgehead atoms. The minimum absolute atomic E-state index is 0.0328. The van der Waals surface area contributed by atoms with Crippen LogP contribution < -0.4 is 20.7 Å². The van der Waals surface area contributed by atoms with E-state index in [9.17, 15) is 19.5 Å². The van der Waals surface area contributed by atoms with Crippen molar-refractivity contribution >= 4 is 5.78 Å². The molecule has 1 aliphatic heterocycles. The van der Waals surface area contributed by atoms with Crippen molar-refractivity contribution in [1.29, 1.82) is 0 Å². The van der Waals surface area contributed by atoms with E-state index in [4.69, 9.17) is 18.9 Å². The summed E-state index contributed by atoms with van der Waals surface area (Å²) < 4.78 is 24.8. The van der Waals surface area contributed by atoms with E-state index < -0.39 is 41.1 Å². The summed E-state index contributed by atoms with van der Waals surface area (Å²) in [6.45, 7) is 3.33. The molecule has 1 unspecified atom stereocenters. The number of nitrogens with zero attached hydrogens (tertiary/aromatic N) is 1. The van der Waals surface area contributed by atoms with Crippen molar-refractivity contribution in [1.82, 2.24) is 9.55 Å². The zero-order valence-corrected chi connectivity index (χ0v) is 23.8. The molecule has 0 aliphatic carbocycles. The summed E-state index contributed by atoms with van der Waals surface area (Å²) in [6, 6.07) is 24.7. The van der Waals surface area contributed by atoms with Gasteiger partial charge in [-0.25, -0.2) is 4.79 Å². The highest BCUT2D eigenvalue weighted by atomic mass is 16.6. The number of benzene rings is 3. The molecule has 1 aliphatic rings. The number of aromatic amines is 1. The number of ether oxygens (including phenoxy) is 4. The molecule has 5 rings (SSSR count). The Kier molecular flexibility index (Phi) is 8.72. The molecule has 4 aromatic rings. The number of aliphatic hydroxyl groups excluding tert-OH is 1. The maximum atomic E-state index is 12.6. The highest BCUT2D eigenvalue weighted by Gasteiger charge is 2.42. The number of H-pyrrole nitrogens is 1. The van der Waals surface area contributed by atoms with E-state index in [-0.39, 0.29) is 18.6 Å². The Labute approximate surface area is 247 Å². The molecule has 43 heavy (non-hydrogen) atoms. The van der Waals surface area contributed by atoms with Gasteiger partial charge in [-0.05, 0) is 47.0 Å². The van der Waals surface area contributed by atoms with Crippen LogP contribution >= 0.6 is 0 Å². The lowest BCUT2D eigenvalue weighted by Gasteiger charge is -2.37. The molecule has 0 amide bonds. The number of aliphatic hydroxyl groups is 1. The molecule has 1 aromatic heterocycles. The first-order valence-corrected chi connectivity index (χ1v) is 13.6. The van der Waals surface area contributed by atoms with Crippen LogP contribution in [0.15, 0.2) is 107 Å². The minimum atomic E-state index is -1.14. The van der Waals surface area contributed by atoms with E-state index in [1.165, 1.54) is 0 Å². The summed E-state index contributed by atoms with van der Waals surface area (Å²) in [5, 5.41) is 11.0. The Morgan fingerprint density at radius 1 is 0.977 bits per heavy atom. The van der Waals surface area contributed by atoms with Gasteiger partial charge in [-0.2, -0.15) is 0 Å². The van der Waals surface area contributed by atoms with Crippen LogP contribution in [-0.2, 0) is 15.1 Å². The van der Waals surface area contributed by atoms with E-state index >= 15 is 0 Å². The molecule has 10 nitrogen and oxygen atoms in total. The lowest BCUT2D eigenvalue weighted by molar-refractivity contribution is -0.0944. The highest BCUT2D eigenvalue weighted by molar-refractivity contribution is 6.03. The molecule has 3 aromatic carbocycles. The van der Waals surface area contributed by atoms with Crippen LogP contribution in [0.2, 0.25) is 0 Å². The van der Waals surface area contributed by atoms with Gasteiger partial charge in [0, 0.05) is 12.6 Å². The van der Waals surface area contributed by atoms with E-state index in [1.54, 1.807) is 14.2 Å². The van der Waals surface area contributed by atoms with Crippen molar-refractivity contribution in [2.45, 2.75) is 30.5 Å². The average molecular weight is 585 g/mol. The first kappa shape index (κ1) is 29.7. The molecule has 2 heterocycles. The Bertz CT molecular complexity index is 1650. The monoisotopic (exact) mass is 584 g/mol. The van der Waals surface area contributed by atoms with Gasteiger partial charge in [-0.1, -0.05) is 61.2 Å². The third-order valence-electron chi connectivity index (χ3n) is 7.57. The fraction of sp³-hybridized carbons (Fsp3) is 0.242. The largest absolute Gasteiger partial charge is 0.497 e. The van der Waals surface area contributed by atoms with Crippen LogP contribution in [0.3, 0.4) is 0 Å². The molecule has 2 N–H and O–H groups in total. The topological polar surface area (TPSA) is 129 Å². The molecule has 222 valence electrons. The van der Waals surface area contributed by atoms with Gasteiger partial charge in [0.15, 0.2) is 5.78 Å². The second kappa shape index (κ2) is 12.6. The van der Waals surface area contributed by atoms with Gasteiger partial charge in [0.1, 0.15) is 35.0 Å². The highest BCUT2D eigenvalue weighted by Crippen LogP contribution is 2.42. The van der Waals surface area contributed by atoms with Crippen molar-refractivity contribution in [3.63, 3.8) is 0 Å². The number of methoxy groups -OCH3 is 2. The third-order valence-corrected chi connectivity index (χ3v) is 7.57. The second-order valence-corrected chi connectivity index (χ2v) is 10.0. The molecular weight excluding hydrogens is 552 g/mol. The lowest BCUT2D eigenvalue weighted by atomic mass is 9.80. The van der Waals surface area contributed by atoms with Crippen molar-refractivity contribution in [3.05, 3.63) is 141 Å². The number of nitrogens with one attached hydrogen (secondary N) is 1. The molecule has 10 heteroatoms. The van der Waals surface area contributed by atoms with Crippen LogP contribution in [0.25, 0.3) is 0 Å². The number of aromatic nitrogens is 2. The Morgan fingerprint density at radius 3 is 2.07 bits per heavy atom. The van der Waals surface area contributed by atoms with Crippen LogP contribution in [0.1, 0.15) is 39.7 Å². The van der Waals surface area contributed by atoms with Gasteiger partial charge in [-0.15, -0.1) is 0 Å². The summed E-state index contributed by atoms with van der Waals surface area (Å²) in [7, 11) is 3.19. The van der Waals surface area contributed by atoms with E-state index in [0.29, 0.717) is 11.5 Å². The first-order valence-electron chi connectivity index (χ1n) is 13.6. The molecule has 3 atom stereocenters. The summed E-state index contributed by atoms with van der Waals surface area (Å²) in [5.74, 6) is 0.719. The second-order valence-electron chi connectivity index (χ2n) is 10.0. The lowest BCUT2D eigenvalue weighted by Crippen LogP contribution is -2.38. The van der Waals surface area contributed by atoms with Crippen LogP contribution in [0.4, 0.5) is 0 Å². The Morgan fingerprint density at radius 2 is 1.53 bits per heavy atom. The molecule has 1 fully saturated rings. The van der Waals surface area contributed by atoms with E-state index in [1.807, 2.05) is 78.9 Å². The standard InChI is InChI=1S/C33H32N2O8/c1-4-27(36)26-19-35(32(39)34-31(26)38)30-18-28(37)29(43-30)20-42-33(21-8-6-5-7-9-21,22-10-14-24(40-2)15-11-22)23-12-16-25(41-3)17-13-23/h4-17,19,28-30,37H,1,18,20H2,2-3H3,(H,34,38,39)/t28?,29-,30-/m0/s1. The maximum absolute atomic E-state index is 12.6. The number of carbonyl (C=O) groups excluding carboxylic acids is 1. The zero-order chi connectivity index (χ0) is 30.6. The van der Waals surface area contributed by atoms with Gasteiger partial charge in [0.05, 0.1) is 26.9 Å². The first-order chi connectivity index (χ1) is 20.8. The number of hydrogen-bond acceptors (Lipinski definition) is 8. The van der Waals surface area contributed by atoms with Crippen molar-refractivity contribution in [2.24, 2.45) is 0 Å². The molecule has 0 saturated carbocycles. The van der Waals surface area contributed by atoms with E-state index in [2.05, 4.69) is 11.6 Å². The summed E-state index contributed by atoms with van der Waals surface area (Å²) in [6.07, 6.45) is -0.649. The predicted octanol–water partition coefficient (Wildman–Crippen LogP) is 3.58. The van der Waals surface area contributed by atoms with E-state index in [0.717, 1.165) is 33.5 Å². The smallest absolute Gasteiger partial charge is 0.330 e. The maximum Gasteiger partial charge on any atom is 0.330 e. The number of hydrogen-bond donors (Lipinski definition) is 2. The normalized spacial score (nSPS) is 18.3. The molecule has 0 spiro atoms.